The molecule has 0 aliphatic heterocycles. The Morgan fingerprint density at radius 2 is 1.62 bits per heavy atom. The molecule has 76 valence electrons. The maximum absolute atomic E-state index is 11.2. The molecule has 0 saturated carbocycles. The SMILES string of the molecule is CC(C)C(=O)NC(C)C(C)C(=O)O. The van der Waals surface area contributed by atoms with E-state index in [1.54, 1.807) is 27.7 Å². The third-order valence-electron chi connectivity index (χ3n) is 2.03. The van der Waals surface area contributed by atoms with E-state index in [4.69, 9.17) is 5.11 Å². The molecule has 0 spiro atoms. The van der Waals surface area contributed by atoms with Crippen molar-refractivity contribution in [3.05, 3.63) is 0 Å². The summed E-state index contributed by atoms with van der Waals surface area (Å²) in [6.07, 6.45) is 0. The topological polar surface area (TPSA) is 66.4 Å². The van der Waals surface area contributed by atoms with Crippen molar-refractivity contribution < 1.29 is 14.7 Å². The number of carbonyl (C=O) groups excluding carboxylic acids is 1. The van der Waals surface area contributed by atoms with Gasteiger partial charge in [-0.2, -0.15) is 0 Å². The van der Waals surface area contributed by atoms with Crippen LogP contribution in [0.2, 0.25) is 0 Å². The summed E-state index contributed by atoms with van der Waals surface area (Å²) in [7, 11) is 0. The first-order valence-corrected chi connectivity index (χ1v) is 4.39. The molecule has 13 heavy (non-hydrogen) atoms. The van der Waals surface area contributed by atoms with E-state index < -0.39 is 11.9 Å². The zero-order valence-electron chi connectivity index (χ0n) is 8.50. The lowest BCUT2D eigenvalue weighted by Gasteiger charge is -2.18. The second-order valence-corrected chi connectivity index (χ2v) is 3.58. The molecule has 0 radical (unpaired) electrons. The van der Waals surface area contributed by atoms with Crippen LogP contribution in [0.1, 0.15) is 27.7 Å². The average molecular weight is 187 g/mol. The van der Waals surface area contributed by atoms with Crippen LogP contribution in [-0.4, -0.2) is 23.0 Å². The second kappa shape index (κ2) is 4.84. The number of rotatable bonds is 4. The zero-order chi connectivity index (χ0) is 10.6. The molecule has 0 aliphatic carbocycles. The minimum atomic E-state index is -0.892. The number of carboxylic acid groups (broad SMARTS) is 1. The number of carbonyl (C=O) groups is 2. The molecule has 0 rings (SSSR count). The molecule has 0 fully saturated rings. The minimum Gasteiger partial charge on any atom is -0.481 e. The highest BCUT2D eigenvalue weighted by atomic mass is 16.4. The van der Waals surface area contributed by atoms with Gasteiger partial charge in [-0.3, -0.25) is 9.59 Å². The summed E-state index contributed by atoms with van der Waals surface area (Å²) in [4.78, 5) is 21.7. The molecule has 1 amide bonds. The molecule has 0 heterocycles. The lowest BCUT2D eigenvalue weighted by molar-refractivity contribution is -0.142. The Bertz CT molecular complexity index is 201. The Morgan fingerprint density at radius 1 is 1.15 bits per heavy atom. The first kappa shape index (κ1) is 11.9. The maximum Gasteiger partial charge on any atom is 0.308 e. The van der Waals surface area contributed by atoms with Gasteiger partial charge in [-0.1, -0.05) is 13.8 Å². The Hall–Kier alpha value is -1.06. The quantitative estimate of drug-likeness (QED) is 0.686. The maximum atomic E-state index is 11.2. The van der Waals surface area contributed by atoms with E-state index in [1.807, 2.05) is 0 Å². The molecule has 0 aromatic heterocycles. The van der Waals surface area contributed by atoms with Crippen LogP contribution in [0.15, 0.2) is 0 Å². The largest absolute Gasteiger partial charge is 0.481 e. The summed E-state index contributed by atoms with van der Waals surface area (Å²) in [6.45, 7) is 6.81. The Labute approximate surface area is 78.3 Å². The lowest BCUT2D eigenvalue weighted by Crippen LogP contribution is -2.41. The van der Waals surface area contributed by atoms with Gasteiger partial charge in [0.2, 0.25) is 5.91 Å². The molecule has 2 N–H and O–H groups in total. The molecular formula is C9H17NO3. The second-order valence-electron chi connectivity index (χ2n) is 3.58. The van der Waals surface area contributed by atoms with Gasteiger partial charge in [0.15, 0.2) is 0 Å². The smallest absolute Gasteiger partial charge is 0.308 e. The van der Waals surface area contributed by atoms with Crippen LogP contribution in [0.3, 0.4) is 0 Å². The molecular weight excluding hydrogens is 170 g/mol. The van der Waals surface area contributed by atoms with Crippen LogP contribution in [-0.2, 0) is 9.59 Å². The lowest BCUT2D eigenvalue weighted by atomic mass is 10.0. The van der Waals surface area contributed by atoms with Gasteiger partial charge in [-0.15, -0.1) is 0 Å². The Balaban J connectivity index is 4.07. The molecule has 0 aromatic carbocycles. The van der Waals surface area contributed by atoms with Crippen molar-refractivity contribution in [2.75, 3.05) is 0 Å². The highest BCUT2D eigenvalue weighted by Crippen LogP contribution is 2.03. The summed E-state index contributed by atoms with van der Waals surface area (Å²) in [5, 5.41) is 11.3. The molecule has 0 saturated heterocycles. The summed E-state index contributed by atoms with van der Waals surface area (Å²) >= 11 is 0. The van der Waals surface area contributed by atoms with Crippen LogP contribution >= 0.6 is 0 Å². The fraction of sp³-hybridized carbons (Fsp3) is 0.778. The summed E-state index contributed by atoms with van der Waals surface area (Å²) in [5.41, 5.74) is 0. The Kier molecular flexibility index (Phi) is 4.45. The summed E-state index contributed by atoms with van der Waals surface area (Å²) in [5.74, 6) is -1.66. The average Bonchev–Trinajstić information content (AvgIpc) is 2.02. The zero-order valence-corrected chi connectivity index (χ0v) is 8.50. The molecule has 0 aromatic rings. The number of carboxylic acids is 1. The highest BCUT2D eigenvalue weighted by Gasteiger charge is 2.21. The highest BCUT2D eigenvalue weighted by molar-refractivity contribution is 5.79. The first-order valence-electron chi connectivity index (χ1n) is 4.39. The summed E-state index contributed by atoms with van der Waals surface area (Å²) < 4.78 is 0. The van der Waals surface area contributed by atoms with Crippen LogP contribution in [0, 0.1) is 11.8 Å². The van der Waals surface area contributed by atoms with Crippen LogP contribution in [0.5, 0.6) is 0 Å². The summed E-state index contributed by atoms with van der Waals surface area (Å²) in [6, 6.07) is -0.326. The van der Waals surface area contributed by atoms with Gasteiger partial charge in [0.1, 0.15) is 0 Å². The Morgan fingerprint density at radius 3 is 1.92 bits per heavy atom. The van der Waals surface area contributed by atoms with E-state index in [2.05, 4.69) is 5.32 Å². The van der Waals surface area contributed by atoms with Crippen LogP contribution in [0.4, 0.5) is 0 Å². The number of aliphatic carboxylic acids is 1. The molecule has 4 heteroatoms. The van der Waals surface area contributed by atoms with E-state index >= 15 is 0 Å². The van der Waals surface area contributed by atoms with E-state index in [1.165, 1.54) is 0 Å². The van der Waals surface area contributed by atoms with Crippen molar-refractivity contribution in [2.45, 2.75) is 33.7 Å². The van der Waals surface area contributed by atoms with Gasteiger partial charge in [0.05, 0.1) is 5.92 Å². The number of amides is 1. The first-order chi connectivity index (χ1) is 5.86. The standard InChI is InChI=1S/C9H17NO3/c1-5(2)8(11)10-7(4)6(3)9(12)13/h5-7H,1-4H3,(H,10,11)(H,12,13). The van der Waals surface area contributed by atoms with Crippen LogP contribution in [0.25, 0.3) is 0 Å². The minimum absolute atomic E-state index is 0.108. The van der Waals surface area contributed by atoms with Crippen LogP contribution < -0.4 is 5.32 Å². The monoisotopic (exact) mass is 187 g/mol. The normalized spacial score (nSPS) is 15.2. The van der Waals surface area contributed by atoms with Gasteiger partial charge in [-0.05, 0) is 13.8 Å². The molecule has 2 unspecified atom stereocenters. The van der Waals surface area contributed by atoms with Crippen molar-refractivity contribution in [3.8, 4) is 0 Å². The van der Waals surface area contributed by atoms with Crippen molar-refractivity contribution in [3.63, 3.8) is 0 Å². The van der Waals surface area contributed by atoms with E-state index in [0.29, 0.717) is 0 Å². The van der Waals surface area contributed by atoms with Crippen molar-refractivity contribution in [2.24, 2.45) is 11.8 Å². The fourth-order valence-electron chi connectivity index (χ4n) is 0.730. The van der Waals surface area contributed by atoms with Crippen molar-refractivity contribution in [1.82, 2.24) is 5.32 Å². The predicted molar refractivity (Wildman–Crippen MR) is 49.2 cm³/mol. The van der Waals surface area contributed by atoms with Gasteiger partial charge < -0.3 is 10.4 Å². The van der Waals surface area contributed by atoms with Gasteiger partial charge in [0, 0.05) is 12.0 Å². The van der Waals surface area contributed by atoms with Crippen molar-refractivity contribution in [1.29, 1.82) is 0 Å². The van der Waals surface area contributed by atoms with E-state index in [-0.39, 0.29) is 17.9 Å². The molecule has 0 bridgehead atoms. The van der Waals surface area contributed by atoms with Gasteiger partial charge in [0.25, 0.3) is 0 Å². The molecule has 4 nitrogen and oxygen atoms in total. The van der Waals surface area contributed by atoms with Gasteiger partial charge >= 0.3 is 5.97 Å². The predicted octanol–water partition coefficient (Wildman–Crippen LogP) is 0.868. The molecule has 0 aliphatic rings. The van der Waals surface area contributed by atoms with Gasteiger partial charge in [-0.25, -0.2) is 0 Å². The van der Waals surface area contributed by atoms with Crippen molar-refractivity contribution >= 4 is 11.9 Å². The number of hydrogen-bond donors (Lipinski definition) is 2. The third-order valence-corrected chi connectivity index (χ3v) is 2.03. The van der Waals surface area contributed by atoms with E-state index in [0.717, 1.165) is 0 Å². The number of hydrogen-bond acceptors (Lipinski definition) is 2. The number of nitrogens with one attached hydrogen (secondary N) is 1. The fourth-order valence-corrected chi connectivity index (χ4v) is 0.730. The molecule has 2 atom stereocenters. The third kappa shape index (κ3) is 3.92. The van der Waals surface area contributed by atoms with E-state index in [9.17, 15) is 9.59 Å².